The summed E-state index contributed by atoms with van der Waals surface area (Å²) in [6, 6.07) is 1.74. The van der Waals surface area contributed by atoms with Crippen LogP contribution < -0.4 is 5.32 Å². The molecular formula is C12H19N3O3S. The van der Waals surface area contributed by atoms with Crippen LogP contribution in [0.2, 0.25) is 0 Å². The number of H-pyrrole nitrogens is 1. The molecule has 19 heavy (non-hydrogen) atoms. The molecule has 0 unspecified atom stereocenters. The van der Waals surface area contributed by atoms with Crippen molar-refractivity contribution >= 4 is 23.6 Å². The third-order valence-electron chi connectivity index (χ3n) is 2.38. The van der Waals surface area contributed by atoms with Crippen LogP contribution in [-0.4, -0.2) is 45.2 Å². The summed E-state index contributed by atoms with van der Waals surface area (Å²) in [6.45, 7) is 6.52. The molecule has 0 aliphatic carbocycles. The highest BCUT2D eigenvalue weighted by molar-refractivity contribution is 7.99. The molecule has 0 saturated carbocycles. The molecule has 0 aliphatic rings. The number of rotatable bonds is 6. The van der Waals surface area contributed by atoms with Gasteiger partial charge in [0.05, 0.1) is 5.75 Å². The standard InChI is InChI=1S/C12H19N3O3S/c1-12(2,3)9-6-8(14-15-9)11(18)13-4-5-19-7-10(16)17/h6H,4-5,7H2,1-3H3,(H,13,18)(H,14,15)(H,16,17). The van der Waals surface area contributed by atoms with Crippen molar-refractivity contribution in [1.29, 1.82) is 0 Å². The molecule has 0 saturated heterocycles. The van der Waals surface area contributed by atoms with E-state index in [-0.39, 0.29) is 17.1 Å². The Morgan fingerprint density at radius 1 is 1.47 bits per heavy atom. The lowest BCUT2D eigenvalue weighted by molar-refractivity contribution is -0.133. The Hall–Kier alpha value is -1.50. The number of carboxylic acids is 1. The van der Waals surface area contributed by atoms with Gasteiger partial charge in [-0.15, -0.1) is 11.8 Å². The van der Waals surface area contributed by atoms with Crippen LogP contribution in [0.25, 0.3) is 0 Å². The maximum Gasteiger partial charge on any atom is 0.313 e. The Balaban J connectivity index is 2.38. The fourth-order valence-corrected chi connectivity index (χ4v) is 1.87. The van der Waals surface area contributed by atoms with Gasteiger partial charge in [-0.2, -0.15) is 5.10 Å². The van der Waals surface area contributed by atoms with Crippen LogP contribution in [0.4, 0.5) is 0 Å². The van der Waals surface area contributed by atoms with Crippen molar-refractivity contribution in [3.8, 4) is 0 Å². The largest absolute Gasteiger partial charge is 0.481 e. The summed E-state index contributed by atoms with van der Waals surface area (Å²) in [6.07, 6.45) is 0. The number of nitrogens with zero attached hydrogens (tertiary/aromatic N) is 1. The third kappa shape index (κ3) is 5.34. The van der Waals surface area contributed by atoms with Crippen LogP contribution >= 0.6 is 11.8 Å². The molecule has 0 radical (unpaired) electrons. The fourth-order valence-electron chi connectivity index (χ4n) is 1.31. The van der Waals surface area contributed by atoms with E-state index in [1.165, 1.54) is 11.8 Å². The molecule has 0 atom stereocenters. The number of aromatic amines is 1. The molecule has 106 valence electrons. The lowest BCUT2D eigenvalue weighted by atomic mass is 9.92. The fraction of sp³-hybridized carbons (Fsp3) is 0.583. The maximum atomic E-state index is 11.8. The molecule has 1 rings (SSSR count). The number of amides is 1. The minimum absolute atomic E-state index is 0.0481. The number of aliphatic carboxylic acids is 1. The number of carbonyl (C=O) groups is 2. The maximum absolute atomic E-state index is 11.8. The highest BCUT2D eigenvalue weighted by atomic mass is 32.2. The van der Waals surface area contributed by atoms with E-state index < -0.39 is 5.97 Å². The van der Waals surface area contributed by atoms with Gasteiger partial charge in [-0.1, -0.05) is 20.8 Å². The third-order valence-corrected chi connectivity index (χ3v) is 3.32. The number of nitrogens with one attached hydrogen (secondary N) is 2. The Bertz CT molecular complexity index is 451. The molecule has 1 amide bonds. The van der Waals surface area contributed by atoms with Gasteiger partial charge in [0.1, 0.15) is 5.69 Å². The van der Waals surface area contributed by atoms with E-state index in [4.69, 9.17) is 5.11 Å². The van der Waals surface area contributed by atoms with Crippen molar-refractivity contribution in [3.05, 3.63) is 17.5 Å². The van der Waals surface area contributed by atoms with Crippen molar-refractivity contribution < 1.29 is 14.7 Å². The van der Waals surface area contributed by atoms with Crippen molar-refractivity contribution in [2.24, 2.45) is 0 Å². The first-order chi connectivity index (χ1) is 8.80. The second-order valence-electron chi connectivity index (χ2n) is 5.12. The quantitative estimate of drug-likeness (QED) is 0.684. The minimum Gasteiger partial charge on any atom is -0.481 e. The van der Waals surface area contributed by atoms with Crippen molar-refractivity contribution in [2.45, 2.75) is 26.2 Å². The van der Waals surface area contributed by atoms with Gasteiger partial charge < -0.3 is 10.4 Å². The van der Waals surface area contributed by atoms with Gasteiger partial charge in [-0.25, -0.2) is 0 Å². The zero-order chi connectivity index (χ0) is 14.5. The molecule has 0 fully saturated rings. The zero-order valence-electron chi connectivity index (χ0n) is 11.3. The Labute approximate surface area is 116 Å². The summed E-state index contributed by atoms with van der Waals surface area (Å²) in [5.74, 6) is -0.484. The second-order valence-corrected chi connectivity index (χ2v) is 6.22. The topological polar surface area (TPSA) is 95.1 Å². The first kappa shape index (κ1) is 15.6. The number of carboxylic acid groups (broad SMARTS) is 1. The van der Waals surface area contributed by atoms with E-state index in [1.807, 2.05) is 20.8 Å². The van der Waals surface area contributed by atoms with Crippen molar-refractivity contribution in [2.75, 3.05) is 18.1 Å². The van der Waals surface area contributed by atoms with E-state index >= 15 is 0 Å². The molecule has 0 bridgehead atoms. The Morgan fingerprint density at radius 2 is 2.16 bits per heavy atom. The molecule has 1 heterocycles. The van der Waals surface area contributed by atoms with Gasteiger partial charge >= 0.3 is 5.97 Å². The lowest BCUT2D eigenvalue weighted by Gasteiger charge is -2.14. The normalized spacial score (nSPS) is 11.3. The Kier molecular flexibility index (Phi) is 5.41. The first-order valence-electron chi connectivity index (χ1n) is 5.94. The number of hydrogen-bond acceptors (Lipinski definition) is 4. The molecule has 0 spiro atoms. The number of aromatic nitrogens is 2. The summed E-state index contributed by atoms with van der Waals surface area (Å²) in [7, 11) is 0. The highest BCUT2D eigenvalue weighted by Gasteiger charge is 2.19. The van der Waals surface area contributed by atoms with Crippen LogP contribution in [0, 0.1) is 0 Å². The second kappa shape index (κ2) is 6.60. The van der Waals surface area contributed by atoms with E-state index in [1.54, 1.807) is 6.07 Å². The van der Waals surface area contributed by atoms with Gasteiger partial charge in [0.2, 0.25) is 0 Å². The average molecular weight is 285 g/mol. The highest BCUT2D eigenvalue weighted by Crippen LogP contribution is 2.20. The number of hydrogen-bond donors (Lipinski definition) is 3. The first-order valence-corrected chi connectivity index (χ1v) is 7.10. The SMILES string of the molecule is CC(C)(C)c1cc(C(=O)NCCSCC(=O)O)n[nH]1. The van der Waals surface area contributed by atoms with Gasteiger partial charge in [-0.3, -0.25) is 14.7 Å². The van der Waals surface area contributed by atoms with E-state index in [2.05, 4.69) is 15.5 Å². The molecule has 3 N–H and O–H groups in total. The van der Waals surface area contributed by atoms with Gasteiger partial charge in [0.25, 0.3) is 5.91 Å². The monoisotopic (exact) mass is 285 g/mol. The average Bonchev–Trinajstić information content (AvgIpc) is 2.76. The molecule has 0 aromatic carbocycles. The molecule has 7 heteroatoms. The van der Waals surface area contributed by atoms with E-state index in [0.29, 0.717) is 18.0 Å². The van der Waals surface area contributed by atoms with E-state index in [0.717, 1.165) is 5.69 Å². The number of thioether (sulfide) groups is 1. The lowest BCUT2D eigenvalue weighted by Crippen LogP contribution is -2.26. The molecular weight excluding hydrogens is 266 g/mol. The van der Waals surface area contributed by atoms with E-state index in [9.17, 15) is 9.59 Å². The van der Waals surface area contributed by atoms with Crippen molar-refractivity contribution in [3.63, 3.8) is 0 Å². The van der Waals surface area contributed by atoms with Crippen LogP contribution in [0.3, 0.4) is 0 Å². The van der Waals surface area contributed by atoms with Crippen LogP contribution in [0.15, 0.2) is 6.07 Å². The van der Waals surface area contributed by atoms with Crippen LogP contribution in [0.5, 0.6) is 0 Å². The minimum atomic E-state index is -0.849. The summed E-state index contributed by atoms with van der Waals surface area (Å²) >= 11 is 1.27. The predicted molar refractivity (Wildman–Crippen MR) is 74.6 cm³/mol. The van der Waals surface area contributed by atoms with Crippen LogP contribution in [-0.2, 0) is 10.2 Å². The molecule has 0 aliphatic heterocycles. The Morgan fingerprint density at radius 3 is 2.68 bits per heavy atom. The van der Waals surface area contributed by atoms with Crippen molar-refractivity contribution in [1.82, 2.24) is 15.5 Å². The zero-order valence-corrected chi connectivity index (χ0v) is 12.1. The molecule has 1 aromatic rings. The summed E-state index contributed by atoms with van der Waals surface area (Å²) < 4.78 is 0. The van der Waals surface area contributed by atoms with Gasteiger partial charge in [0, 0.05) is 23.4 Å². The van der Waals surface area contributed by atoms with Crippen LogP contribution in [0.1, 0.15) is 37.0 Å². The molecule has 1 aromatic heterocycles. The summed E-state index contributed by atoms with van der Waals surface area (Å²) in [5.41, 5.74) is 1.18. The van der Waals surface area contributed by atoms with Gasteiger partial charge in [0.15, 0.2) is 0 Å². The number of carbonyl (C=O) groups excluding carboxylic acids is 1. The predicted octanol–water partition coefficient (Wildman–Crippen LogP) is 1.25. The van der Waals surface area contributed by atoms with Gasteiger partial charge in [-0.05, 0) is 6.07 Å². The summed E-state index contributed by atoms with van der Waals surface area (Å²) in [5, 5.41) is 18.0. The molecule has 6 nitrogen and oxygen atoms in total. The summed E-state index contributed by atoms with van der Waals surface area (Å²) in [4.78, 5) is 22.1. The smallest absolute Gasteiger partial charge is 0.313 e.